The number of benzene rings is 3. The van der Waals surface area contributed by atoms with E-state index in [0.717, 1.165) is 46.3 Å². The molecule has 0 N–H and O–H groups in total. The first-order valence-electron chi connectivity index (χ1n) is 13.4. The Balaban J connectivity index is 1.53. The number of hydrogen-bond donors (Lipinski definition) is 0. The Labute approximate surface area is 223 Å². The van der Waals surface area contributed by atoms with E-state index in [1.807, 2.05) is 54.9 Å². The van der Waals surface area contributed by atoms with Crippen molar-refractivity contribution in [3.63, 3.8) is 0 Å². The number of amides is 2. The summed E-state index contributed by atoms with van der Waals surface area (Å²) in [5.74, 6) is -0.468. The van der Waals surface area contributed by atoms with E-state index in [9.17, 15) is 9.59 Å². The molecule has 0 aliphatic carbocycles. The van der Waals surface area contributed by atoms with Crippen molar-refractivity contribution in [2.45, 2.75) is 65.5 Å². The smallest absolute Gasteiger partial charge is 0.416 e. The van der Waals surface area contributed by atoms with E-state index in [-0.39, 0.29) is 30.9 Å². The second-order valence-corrected chi connectivity index (χ2v) is 10.0. The molecule has 2 atom stereocenters. The van der Waals surface area contributed by atoms with Gasteiger partial charge in [-0.2, -0.15) is 0 Å². The van der Waals surface area contributed by atoms with Crippen LogP contribution in [0, 0.1) is 13.8 Å². The average molecular weight is 511 g/mol. The van der Waals surface area contributed by atoms with Crippen LogP contribution in [0.3, 0.4) is 0 Å². The molecule has 1 aliphatic heterocycles. The molecule has 196 valence electrons. The molecule has 5 rings (SSSR count). The van der Waals surface area contributed by atoms with Crippen molar-refractivity contribution in [3.8, 4) is 0 Å². The third-order valence-corrected chi connectivity index (χ3v) is 7.74. The Morgan fingerprint density at radius 2 is 1.87 bits per heavy atom. The molecule has 0 saturated carbocycles. The summed E-state index contributed by atoms with van der Waals surface area (Å²) in [5, 5.41) is 8.75. The number of aromatic nitrogens is 3. The van der Waals surface area contributed by atoms with E-state index in [2.05, 4.69) is 48.4 Å². The number of rotatable bonds is 8. The van der Waals surface area contributed by atoms with Crippen LogP contribution in [0.1, 0.15) is 59.6 Å². The summed E-state index contributed by atoms with van der Waals surface area (Å²) in [6.45, 7) is 9.27. The van der Waals surface area contributed by atoms with Gasteiger partial charge in [0.1, 0.15) is 12.1 Å². The molecule has 38 heavy (non-hydrogen) atoms. The van der Waals surface area contributed by atoms with Gasteiger partial charge in [0.25, 0.3) is 0 Å². The zero-order valence-electron chi connectivity index (χ0n) is 22.5. The van der Waals surface area contributed by atoms with Crippen molar-refractivity contribution in [2.24, 2.45) is 0 Å². The molecule has 4 aromatic rings. The van der Waals surface area contributed by atoms with Crippen molar-refractivity contribution in [1.82, 2.24) is 19.9 Å². The largest absolute Gasteiger partial charge is 0.447 e. The minimum atomic E-state index is -0.564. The maximum atomic E-state index is 13.9. The van der Waals surface area contributed by atoms with Crippen LogP contribution in [0.15, 0.2) is 60.7 Å². The molecule has 2 heterocycles. The fourth-order valence-electron chi connectivity index (χ4n) is 5.57. The molecule has 1 aromatic heterocycles. The third-order valence-electron chi connectivity index (χ3n) is 7.74. The summed E-state index contributed by atoms with van der Waals surface area (Å²) in [7, 11) is 0. The van der Waals surface area contributed by atoms with E-state index < -0.39 is 6.09 Å². The molecule has 1 aliphatic rings. The topological polar surface area (TPSA) is 77.3 Å². The Morgan fingerprint density at radius 1 is 1.08 bits per heavy atom. The molecule has 0 bridgehead atoms. The van der Waals surface area contributed by atoms with Gasteiger partial charge in [-0.25, -0.2) is 14.4 Å². The van der Waals surface area contributed by atoms with Gasteiger partial charge in [-0.3, -0.25) is 4.79 Å². The number of cyclic esters (lactones) is 1. The van der Waals surface area contributed by atoms with Crippen molar-refractivity contribution in [2.75, 3.05) is 6.61 Å². The van der Waals surface area contributed by atoms with Crippen LogP contribution in [0.5, 0.6) is 0 Å². The predicted molar refractivity (Wildman–Crippen MR) is 147 cm³/mol. The minimum absolute atomic E-state index is 0.154. The predicted octanol–water partition coefficient (Wildman–Crippen LogP) is 5.74. The maximum absolute atomic E-state index is 13.9. The SMILES string of the molecule is CCc1cc([C@@H](CC(=O)N2C(=O)OC[C@@H]2Cc2ccccc2)c2ccc3c(nnn3CC)c2C)ccc1C. The maximum Gasteiger partial charge on any atom is 0.416 e. The lowest BCUT2D eigenvalue weighted by Gasteiger charge is -2.25. The standard InChI is InChI=1S/C31H34N4O3/c1-5-23-17-24(13-12-20(23)3)27(26-14-15-28-30(21(26)4)32-33-34(28)6-2)18-29(36)35-25(19-38-31(35)37)16-22-10-8-7-9-11-22/h7-15,17,25,27H,5-6,16,18-19H2,1-4H3/t25-,27+/m0/s1. The highest BCUT2D eigenvalue weighted by Crippen LogP contribution is 2.35. The molecule has 7 heteroatoms. The molecule has 2 amide bonds. The van der Waals surface area contributed by atoms with Gasteiger partial charge in [-0.1, -0.05) is 66.7 Å². The van der Waals surface area contributed by atoms with E-state index >= 15 is 0 Å². The summed E-state index contributed by atoms with van der Waals surface area (Å²) < 4.78 is 7.24. The zero-order chi connectivity index (χ0) is 26.8. The third kappa shape index (κ3) is 4.80. The highest BCUT2D eigenvalue weighted by atomic mass is 16.6. The van der Waals surface area contributed by atoms with E-state index in [4.69, 9.17) is 4.74 Å². The molecule has 3 aromatic carbocycles. The molecule has 0 radical (unpaired) electrons. The summed E-state index contributed by atoms with van der Waals surface area (Å²) in [6.07, 6.45) is 1.06. The Bertz CT molecular complexity index is 1480. The lowest BCUT2D eigenvalue weighted by molar-refractivity contribution is -0.129. The van der Waals surface area contributed by atoms with Gasteiger partial charge >= 0.3 is 6.09 Å². The lowest BCUT2D eigenvalue weighted by Crippen LogP contribution is -2.40. The van der Waals surface area contributed by atoms with Crippen LogP contribution in [-0.4, -0.2) is 44.5 Å². The van der Waals surface area contributed by atoms with Gasteiger partial charge in [0, 0.05) is 18.9 Å². The van der Waals surface area contributed by atoms with Gasteiger partial charge in [-0.05, 0) is 73.1 Å². The fourth-order valence-corrected chi connectivity index (χ4v) is 5.57. The van der Waals surface area contributed by atoms with Crippen molar-refractivity contribution in [1.29, 1.82) is 0 Å². The van der Waals surface area contributed by atoms with Crippen LogP contribution in [0.4, 0.5) is 4.79 Å². The number of hydrogen-bond acceptors (Lipinski definition) is 5. The number of aryl methyl sites for hydroxylation is 4. The quantitative estimate of drug-likeness (QED) is 0.302. The molecule has 7 nitrogen and oxygen atoms in total. The number of carbonyl (C=O) groups excluding carboxylic acids is 2. The van der Waals surface area contributed by atoms with E-state index in [1.54, 1.807) is 0 Å². The molecular weight excluding hydrogens is 476 g/mol. The fraction of sp³-hybridized carbons (Fsp3) is 0.355. The van der Waals surface area contributed by atoms with Gasteiger partial charge in [0.2, 0.25) is 5.91 Å². The molecule has 1 saturated heterocycles. The highest BCUT2D eigenvalue weighted by Gasteiger charge is 2.39. The molecule has 1 fully saturated rings. The molecular formula is C31H34N4O3. The van der Waals surface area contributed by atoms with Crippen LogP contribution in [0.2, 0.25) is 0 Å². The molecule has 0 spiro atoms. The van der Waals surface area contributed by atoms with Gasteiger partial charge in [0.15, 0.2) is 0 Å². The van der Waals surface area contributed by atoms with Crippen LogP contribution < -0.4 is 0 Å². The Hall–Kier alpha value is -4.00. The van der Waals surface area contributed by atoms with Gasteiger partial charge in [-0.15, -0.1) is 5.10 Å². The van der Waals surface area contributed by atoms with E-state index in [0.29, 0.717) is 6.42 Å². The number of imide groups is 1. The minimum Gasteiger partial charge on any atom is -0.447 e. The van der Waals surface area contributed by atoms with Crippen molar-refractivity contribution in [3.05, 3.63) is 94.0 Å². The van der Waals surface area contributed by atoms with Crippen LogP contribution in [-0.2, 0) is 28.9 Å². The van der Waals surface area contributed by atoms with Crippen molar-refractivity contribution < 1.29 is 14.3 Å². The van der Waals surface area contributed by atoms with Crippen LogP contribution >= 0.6 is 0 Å². The first-order valence-corrected chi connectivity index (χ1v) is 13.4. The number of nitrogens with zero attached hydrogens (tertiary/aromatic N) is 4. The second kappa shape index (κ2) is 10.8. The molecule has 0 unspecified atom stereocenters. The number of carbonyl (C=O) groups is 2. The summed E-state index contributed by atoms with van der Waals surface area (Å²) in [5.41, 5.74) is 8.43. The van der Waals surface area contributed by atoms with Gasteiger partial charge in [0.05, 0.1) is 11.6 Å². The lowest BCUT2D eigenvalue weighted by atomic mass is 9.83. The Morgan fingerprint density at radius 3 is 2.61 bits per heavy atom. The summed E-state index contributed by atoms with van der Waals surface area (Å²) in [6, 6.07) is 20.1. The van der Waals surface area contributed by atoms with E-state index in [1.165, 1.54) is 16.0 Å². The highest BCUT2D eigenvalue weighted by molar-refractivity contribution is 5.94. The number of fused-ring (bicyclic) bond motifs is 1. The average Bonchev–Trinajstić information content (AvgIpc) is 3.52. The second-order valence-electron chi connectivity index (χ2n) is 10.0. The summed E-state index contributed by atoms with van der Waals surface area (Å²) in [4.78, 5) is 27.9. The normalized spacial score (nSPS) is 16.2. The Kier molecular flexibility index (Phi) is 7.27. The van der Waals surface area contributed by atoms with Gasteiger partial charge < -0.3 is 4.74 Å². The summed E-state index contributed by atoms with van der Waals surface area (Å²) >= 11 is 0. The van der Waals surface area contributed by atoms with Crippen LogP contribution in [0.25, 0.3) is 11.0 Å². The first-order chi connectivity index (χ1) is 18.4. The monoisotopic (exact) mass is 510 g/mol. The number of ether oxygens (including phenoxy) is 1. The van der Waals surface area contributed by atoms with Crippen molar-refractivity contribution >= 4 is 23.0 Å². The first kappa shape index (κ1) is 25.6. The zero-order valence-corrected chi connectivity index (χ0v) is 22.5.